The number of hydrogen-bond acceptors (Lipinski definition) is 0. The van der Waals surface area contributed by atoms with E-state index in [0.29, 0.717) is 0 Å². The average Bonchev–Trinajstić information content (AvgIpc) is 0.828. The Balaban J connectivity index is 0.000000387. The molecule has 0 amide bonds. The van der Waals surface area contributed by atoms with Crippen molar-refractivity contribution in [2.45, 2.75) is 353 Å². The Bertz CT molecular complexity index is 3510. The van der Waals surface area contributed by atoms with Crippen molar-refractivity contribution in [2.75, 3.05) is 0 Å². The van der Waals surface area contributed by atoms with Crippen molar-refractivity contribution in [1.82, 2.24) is 0 Å². The molecule has 8 fully saturated rings. The summed E-state index contributed by atoms with van der Waals surface area (Å²) in [5.74, 6) is 16.0. The van der Waals surface area contributed by atoms with Crippen molar-refractivity contribution in [2.24, 2.45) is 94.7 Å². The first-order valence-electron chi connectivity index (χ1n) is 45.4. The van der Waals surface area contributed by atoms with E-state index in [1.165, 1.54) is 285 Å². The summed E-state index contributed by atoms with van der Waals surface area (Å²) in [7, 11) is 0. The van der Waals surface area contributed by atoms with Gasteiger partial charge in [0.05, 0.1) is 0 Å². The van der Waals surface area contributed by atoms with Gasteiger partial charge in [-0.05, 0) is 282 Å². The van der Waals surface area contributed by atoms with Crippen LogP contribution in [0.25, 0.3) is 0 Å². The van der Waals surface area contributed by atoms with Crippen molar-refractivity contribution >= 4 is 33.7 Å². The SMILES string of the molecule is Cc1[c-]ccc(CC2CCC(CC3CCC(C)CC3)CC2)c1C.Cc1[c-]ccc(CC2CCC(CC3CCC(CC4CCC(C)CC4)CC3)CC2)c1C.Cc1c(Cc2cc[c-]cc2)ccc(CC2CCC(C)CC2)c1C.Cc1c(Cc2cc[c-]cc2)ccc(CC2CCC(CC3CCC(C)CC3)CC2)c1C.[B].[B].[B].[B].[Rb+].[Rb+].[Rb+].[Rb+]. The van der Waals surface area contributed by atoms with Gasteiger partial charge >= 0.3 is 233 Å². The van der Waals surface area contributed by atoms with Crippen LogP contribution < -0.4 is 233 Å². The van der Waals surface area contributed by atoms with E-state index in [-0.39, 0.29) is 266 Å². The molecule has 0 aliphatic heterocycles. The predicted octanol–water partition coefficient (Wildman–Crippen LogP) is 16.4. The molecule has 6 aromatic rings. The summed E-state index contributed by atoms with van der Waals surface area (Å²) in [5, 5.41) is 0. The molecule has 114 heavy (non-hydrogen) atoms. The van der Waals surface area contributed by atoms with Crippen LogP contribution in [0.3, 0.4) is 0 Å². The topological polar surface area (TPSA) is 0 Å². The third-order valence-corrected chi connectivity index (χ3v) is 30.8. The summed E-state index contributed by atoms with van der Waals surface area (Å²) < 4.78 is 0. The molecule has 0 unspecified atom stereocenters. The van der Waals surface area contributed by atoms with E-state index < -0.39 is 0 Å². The maximum Gasteiger partial charge on any atom is 1.00 e. The van der Waals surface area contributed by atoms with Gasteiger partial charge in [0, 0.05) is 33.7 Å². The Morgan fingerprint density at radius 1 is 0.219 bits per heavy atom. The second kappa shape index (κ2) is 59.0. The van der Waals surface area contributed by atoms with Crippen molar-refractivity contribution in [3.63, 3.8) is 0 Å². The van der Waals surface area contributed by atoms with E-state index in [4.69, 9.17) is 0 Å². The fraction of sp³-hybridized carbons (Fsp3) is 0.660. The van der Waals surface area contributed by atoms with Crippen LogP contribution in [0.15, 0.2) is 97.1 Å². The first-order valence-corrected chi connectivity index (χ1v) is 45.4. The van der Waals surface area contributed by atoms with Gasteiger partial charge in [0.25, 0.3) is 0 Å². The van der Waals surface area contributed by atoms with Crippen LogP contribution in [0.2, 0.25) is 0 Å². The molecule has 0 aromatic heterocycles. The van der Waals surface area contributed by atoms with Gasteiger partial charge in [0.15, 0.2) is 0 Å². The minimum absolute atomic E-state index is 0. The molecule has 6 aromatic carbocycles. The largest absolute Gasteiger partial charge is 1.00 e. The summed E-state index contributed by atoms with van der Waals surface area (Å²) >= 11 is 0. The van der Waals surface area contributed by atoms with E-state index in [9.17, 15) is 0 Å². The Labute approximate surface area is 908 Å². The maximum absolute atomic E-state index is 3.36. The minimum Gasteiger partial charge on any atom is -0.184 e. The van der Waals surface area contributed by atoms with Crippen LogP contribution in [0.4, 0.5) is 0 Å². The standard InChI is InChI=1S/C30H47.C30H41.C23H35.C23H29.4B.4Rb/c1-22-7-9-25(10-8-22)19-26-11-13-27(14-12-26)20-28-15-17-29(18-16-28)21-30-6-4-5-23(2)24(30)3;1-22-9-11-26(12-10-22)19-27-13-15-28(16-14-27)21-30-18-17-29(23(2)24(30)3)20-25-7-5-4-6-8-25;1-17-7-9-20(10-8-17)15-21-11-13-22(14-12-21)16-23-6-4-5-18(2)19(23)3;1-17-9-11-21(12-10-17)16-23-14-13-22(18(2)19(23)3)15-20-7-5-4-6-8-20;;;;;;;;/h4,6,22,25-29H,7-21H2,1-3H3;5-8,17-18,22,26-28H,9-16,19-21H2,1-3H3;4,6,17,20-22H,7-16H2,1-3H3;5-8,13-14,17,21H,9-12,15-16H2,1-3H3;;;;;;;;/q4*-1;;;;;4*+1. The molecule has 0 heterocycles. The quantitative estimate of drug-likeness (QED) is 0.0528. The van der Waals surface area contributed by atoms with Gasteiger partial charge in [0.1, 0.15) is 0 Å². The fourth-order valence-electron chi connectivity index (χ4n) is 22.2. The van der Waals surface area contributed by atoms with Gasteiger partial charge in [-0.3, -0.25) is 0 Å². The van der Waals surface area contributed by atoms with E-state index in [0.717, 1.165) is 108 Å². The smallest absolute Gasteiger partial charge is 0.184 e. The molecule has 0 N–H and O–H groups in total. The normalized spacial score (nSPS) is 27.2. The monoisotopic (exact) mass is 1810 g/mol. The van der Waals surface area contributed by atoms with Crippen molar-refractivity contribution in [1.29, 1.82) is 0 Å². The number of benzene rings is 6. The molecule has 14 rings (SSSR count). The zero-order valence-electron chi connectivity index (χ0n) is 76.5. The fourth-order valence-corrected chi connectivity index (χ4v) is 22.2. The summed E-state index contributed by atoms with van der Waals surface area (Å²) in [6, 6.07) is 48.2. The summed E-state index contributed by atoms with van der Waals surface area (Å²) in [4.78, 5) is 0. The van der Waals surface area contributed by atoms with E-state index in [1.54, 1.807) is 60.8 Å². The molecule has 0 bridgehead atoms. The van der Waals surface area contributed by atoms with Gasteiger partial charge in [-0.25, -0.2) is 0 Å². The first-order chi connectivity index (χ1) is 51.4. The van der Waals surface area contributed by atoms with Crippen molar-refractivity contribution in [3.05, 3.63) is 210 Å². The van der Waals surface area contributed by atoms with Crippen molar-refractivity contribution in [3.8, 4) is 0 Å². The van der Waals surface area contributed by atoms with Crippen LogP contribution in [-0.4, -0.2) is 33.7 Å². The number of aryl methyl sites for hydroxylation is 2. The third kappa shape index (κ3) is 36.9. The summed E-state index contributed by atoms with van der Waals surface area (Å²) in [6.45, 7) is 28.0. The molecule has 0 nitrogen and oxygen atoms in total. The van der Waals surface area contributed by atoms with Crippen molar-refractivity contribution < 1.29 is 233 Å². The zero-order chi connectivity index (χ0) is 74.3. The van der Waals surface area contributed by atoms with Crippen LogP contribution in [-0.2, 0) is 38.5 Å². The Kier molecular flexibility index (Phi) is 57.5. The first kappa shape index (κ1) is 111. The molecule has 0 spiro atoms. The van der Waals surface area contributed by atoms with E-state index >= 15 is 0 Å². The second-order valence-electron chi connectivity index (χ2n) is 38.8. The minimum atomic E-state index is 0. The molecule has 8 heteroatoms. The molecular weight excluding hydrogens is 1660 g/mol. The predicted molar refractivity (Wildman–Crippen MR) is 480 cm³/mol. The number of rotatable bonds is 20. The molecule has 0 saturated heterocycles. The number of hydrogen-bond donors (Lipinski definition) is 0. The summed E-state index contributed by atoms with van der Waals surface area (Å²) in [6.07, 6.45) is 61.1. The van der Waals surface area contributed by atoms with Crippen LogP contribution in [0.5, 0.6) is 0 Å². The molecule has 8 saturated carbocycles. The van der Waals surface area contributed by atoms with Gasteiger partial charge in [-0.15, -0.1) is 0 Å². The molecule has 8 aliphatic carbocycles. The van der Waals surface area contributed by atoms with Crippen LogP contribution in [0.1, 0.15) is 348 Å². The summed E-state index contributed by atoms with van der Waals surface area (Å²) in [5.41, 5.74) is 23.7. The zero-order valence-corrected chi connectivity index (χ0v) is 96.1. The third-order valence-electron chi connectivity index (χ3n) is 30.8. The van der Waals surface area contributed by atoms with Crippen LogP contribution >= 0.6 is 0 Å². The molecule has 12 radical (unpaired) electrons. The molecule has 592 valence electrons. The van der Waals surface area contributed by atoms with Crippen LogP contribution in [0, 0.1) is 174 Å². The van der Waals surface area contributed by atoms with E-state index in [1.807, 2.05) is 24.3 Å². The van der Waals surface area contributed by atoms with Gasteiger partial charge in [-0.1, -0.05) is 234 Å². The van der Waals surface area contributed by atoms with Gasteiger partial charge < -0.3 is 0 Å². The Morgan fingerprint density at radius 3 is 0.640 bits per heavy atom. The van der Waals surface area contributed by atoms with Gasteiger partial charge in [-0.2, -0.15) is 142 Å². The molecule has 8 aliphatic rings. The maximum atomic E-state index is 3.36. The average molecular weight is 1810 g/mol. The Hall–Kier alpha value is 2.80. The van der Waals surface area contributed by atoms with E-state index in [2.05, 4.69) is 180 Å². The molecular formula is C106H152B4Rb4. The molecule has 0 atom stereocenters. The van der Waals surface area contributed by atoms with Gasteiger partial charge in [0.2, 0.25) is 0 Å². The Morgan fingerprint density at radius 2 is 0.404 bits per heavy atom. The second-order valence-corrected chi connectivity index (χ2v) is 38.8.